The molecule has 9 heteroatoms. The molecule has 2 unspecified atom stereocenters. The van der Waals surface area contributed by atoms with Crippen LogP contribution in [0.4, 0.5) is 32.0 Å². The van der Waals surface area contributed by atoms with Crippen LogP contribution in [-0.2, 0) is 11.0 Å². The van der Waals surface area contributed by atoms with E-state index in [1.54, 1.807) is 0 Å². The first kappa shape index (κ1) is 19.6. The molecular formula is C16H18F6N2O. The van der Waals surface area contributed by atoms with E-state index in [0.717, 1.165) is 24.3 Å². The van der Waals surface area contributed by atoms with E-state index < -0.39 is 35.8 Å². The molecule has 1 N–H and O–H groups in total. The van der Waals surface area contributed by atoms with Crippen molar-refractivity contribution in [3.05, 3.63) is 29.8 Å². The highest BCUT2D eigenvalue weighted by Crippen LogP contribution is 2.34. The fourth-order valence-electron chi connectivity index (χ4n) is 2.78. The van der Waals surface area contributed by atoms with Gasteiger partial charge in [0, 0.05) is 12.2 Å². The van der Waals surface area contributed by atoms with Crippen LogP contribution in [-0.4, -0.2) is 36.1 Å². The van der Waals surface area contributed by atoms with Gasteiger partial charge in [0.15, 0.2) is 0 Å². The van der Waals surface area contributed by atoms with Crippen molar-refractivity contribution in [1.29, 1.82) is 0 Å². The van der Waals surface area contributed by atoms with Gasteiger partial charge in [0.05, 0.1) is 17.5 Å². The molecule has 3 nitrogen and oxygen atoms in total. The van der Waals surface area contributed by atoms with Crippen LogP contribution >= 0.6 is 0 Å². The number of nitrogens with zero attached hydrogens (tertiary/aromatic N) is 1. The van der Waals surface area contributed by atoms with Crippen LogP contribution in [0, 0.1) is 5.92 Å². The lowest BCUT2D eigenvalue weighted by Crippen LogP contribution is -2.49. The second-order valence-corrected chi connectivity index (χ2v) is 6.12. The highest BCUT2D eigenvalue weighted by molar-refractivity contribution is 5.94. The summed E-state index contributed by atoms with van der Waals surface area (Å²) in [4.78, 5) is 13.6. The number of rotatable bonds is 3. The van der Waals surface area contributed by atoms with Gasteiger partial charge in [0.2, 0.25) is 5.91 Å². The number of amides is 1. The Bertz CT molecular complexity index is 596. The van der Waals surface area contributed by atoms with Crippen LogP contribution in [0.2, 0.25) is 0 Å². The first-order valence-electron chi connectivity index (χ1n) is 7.77. The van der Waals surface area contributed by atoms with E-state index in [4.69, 9.17) is 0 Å². The van der Waals surface area contributed by atoms with Crippen molar-refractivity contribution in [2.75, 3.05) is 18.4 Å². The fourth-order valence-corrected chi connectivity index (χ4v) is 2.78. The average molecular weight is 368 g/mol. The first-order valence-corrected chi connectivity index (χ1v) is 7.77. The Hall–Kier alpha value is -1.77. The largest absolute Gasteiger partial charge is 0.416 e. The summed E-state index contributed by atoms with van der Waals surface area (Å²) in [5, 5.41) is 2.44. The molecule has 1 aromatic carbocycles. The Labute approximate surface area is 141 Å². The standard InChI is InChI=1S/C16H18F6N2O/c1-10(24-8-2-3-12(9-24)16(20,21)22)14(25)23-13-6-4-11(5-7-13)15(17,18)19/h4-7,10,12H,2-3,8-9H2,1H3,(H,23,25). The molecule has 0 aliphatic carbocycles. The molecule has 1 aliphatic rings. The lowest BCUT2D eigenvalue weighted by Gasteiger charge is -2.36. The van der Waals surface area contributed by atoms with Gasteiger partial charge in [-0.2, -0.15) is 26.3 Å². The van der Waals surface area contributed by atoms with Gasteiger partial charge < -0.3 is 5.32 Å². The summed E-state index contributed by atoms with van der Waals surface area (Å²) in [5.74, 6) is -2.02. The summed E-state index contributed by atoms with van der Waals surface area (Å²) in [6.07, 6.45) is -8.41. The molecular weight excluding hydrogens is 350 g/mol. The predicted octanol–water partition coefficient (Wildman–Crippen LogP) is 4.31. The van der Waals surface area contributed by atoms with Gasteiger partial charge in [-0.1, -0.05) is 0 Å². The van der Waals surface area contributed by atoms with Crippen LogP contribution in [0.5, 0.6) is 0 Å². The number of benzene rings is 1. The van der Waals surface area contributed by atoms with Crippen molar-refractivity contribution in [1.82, 2.24) is 4.90 Å². The molecule has 1 fully saturated rings. The fraction of sp³-hybridized carbons (Fsp3) is 0.562. The maximum atomic E-state index is 12.8. The molecule has 1 aromatic rings. The van der Waals surface area contributed by atoms with Gasteiger partial charge in [-0.3, -0.25) is 9.69 Å². The normalized spacial score (nSPS) is 21.0. The van der Waals surface area contributed by atoms with Crippen molar-refractivity contribution in [2.24, 2.45) is 5.92 Å². The highest BCUT2D eigenvalue weighted by Gasteiger charge is 2.43. The molecule has 1 saturated heterocycles. The maximum absolute atomic E-state index is 12.8. The Morgan fingerprint density at radius 1 is 1.16 bits per heavy atom. The Balaban J connectivity index is 1.98. The maximum Gasteiger partial charge on any atom is 0.416 e. The van der Waals surface area contributed by atoms with E-state index >= 15 is 0 Å². The van der Waals surface area contributed by atoms with Crippen LogP contribution < -0.4 is 5.32 Å². The van der Waals surface area contributed by atoms with E-state index in [9.17, 15) is 31.1 Å². The second kappa shape index (κ2) is 7.23. The van der Waals surface area contributed by atoms with Crippen molar-refractivity contribution in [2.45, 2.75) is 38.2 Å². The van der Waals surface area contributed by atoms with E-state index in [1.165, 1.54) is 11.8 Å². The van der Waals surface area contributed by atoms with Crippen LogP contribution in [0.3, 0.4) is 0 Å². The molecule has 0 bridgehead atoms. The number of nitrogens with one attached hydrogen (secondary N) is 1. The monoisotopic (exact) mass is 368 g/mol. The number of carbonyl (C=O) groups is 1. The van der Waals surface area contributed by atoms with Crippen molar-refractivity contribution >= 4 is 11.6 Å². The van der Waals surface area contributed by atoms with Gasteiger partial charge in [0.25, 0.3) is 0 Å². The molecule has 1 heterocycles. The predicted molar refractivity (Wildman–Crippen MR) is 79.9 cm³/mol. The SMILES string of the molecule is CC(C(=O)Nc1ccc(C(F)(F)F)cc1)N1CCCC(C(F)(F)F)C1. The van der Waals surface area contributed by atoms with Crippen LogP contribution in [0.15, 0.2) is 24.3 Å². The van der Waals surface area contributed by atoms with Gasteiger partial charge >= 0.3 is 12.4 Å². The van der Waals surface area contributed by atoms with Crippen LogP contribution in [0.1, 0.15) is 25.3 Å². The van der Waals surface area contributed by atoms with Gasteiger partial charge in [-0.05, 0) is 50.6 Å². The average Bonchev–Trinajstić information content (AvgIpc) is 2.53. The molecule has 0 radical (unpaired) electrons. The van der Waals surface area contributed by atoms with E-state index in [1.807, 2.05) is 0 Å². The molecule has 25 heavy (non-hydrogen) atoms. The summed E-state index contributed by atoms with van der Waals surface area (Å²) >= 11 is 0. The number of hydrogen-bond acceptors (Lipinski definition) is 2. The molecule has 0 spiro atoms. The number of piperidine rings is 1. The minimum absolute atomic E-state index is 0.0350. The molecule has 0 saturated carbocycles. The third kappa shape index (κ3) is 5.10. The zero-order valence-electron chi connectivity index (χ0n) is 13.4. The third-order valence-corrected chi connectivity index (χ3v) is 4.32. The topological polar surface area (TPSA) is 32.3 Å². The minimum Gasteiger partial charge on any atom is -0.325 e. The quantitative estimate of drug-likeness (QED) is 0.807. The zero-order chi connectivity index (χ0) is 18.8. The van der Waals surface area contributed by atoms with E-state index in [0.29, 0.717) is 13.0 Å². The van der Waals surface area contributed by atoms with E-state index in [2.05, 4.69) is 5.32 Å². The Morgan fingerprint density at radius 2 is 1.76 bits per heavy atom. The first-order chi connectivity index (χ1) is 11.5. The summed E-state index contributed by atoms with van der Waals surface area (Å²) in [7, 11) is 0. The van der Waals surface area contributed by atoms with Crippen molar-refractivity contribution < 1.29 is 31.1 Å². The summed E-state index contributed by atoms with van der Waals surface area (Å²) in [6.45, 7) is 1.59. The lowest BCUT2D eigenvalue weighted by atomic mass is 9.96. The molecule has 140 valence electrons. The molecule has 1 amide bonds. The number of alkyl halides is 6. The molecule has 2 atom stereocenters. The smallest absolute Gasteiger partial charge is 0.325 e. The Morgan fingerprint density at radius 3 is 2.28 bits per heavy atom. The van der Waals surface area contributed by atoms with Crippen molar-refractivity contribution in [3.8, 4) is 0 Å². The zero-order valence-corrected chi connectivity index (χ0v) is 13.4. The Kier molecular flexibility index (Phi) is 5.65. The number of carbonyl (C=O) groups excluding carboxylic acids is 1. The van der Waals surface area contributed by atoms with Crippen molar-refractivity contribution in [3.63, 3.8) is 0 Å². The van der Waals surface area contributed by atoms with Gasteiger partial charge in [-0.25, -0.2) is 0 Å². The number of hydrogen-bond donors (Lipinski definition) is 1. The van der Waals surface area contributed by atoms with Gasteiger partial charge in [-0.15, -0.1) is 0 Å². The summed E-state index contributed by atoms with van der Waals surface area (Å²) in [5.41, 5.74) is -0.683. The molecule has 0 aromatic heterocycles. The molecule has 2 rings (SSSR count). The number of anilines is 1. The highest BCUT2D eigenvalue weighted by atomic mass is 19.4. The molecule has 1 aliphatic heterocycles. The summed E-state index contributed by atoms with van der Waals surface area (Å²) < 4.78 is 76.0. The summed E-state index contributed by atoms with van der Waals surface area (Å²) in [6, 6.07) is 3.08. The van der Waals surface area contributed by atoms with Crippen LogP contribution in [0.25, 0.3) is 0 Å². The third-order valence-electron chi connectivity index (χ3n) is 4.32. The minimum atomic E-state index is -4.48. The number of likely N-dealkylation sites (tertiary alicyclic amines) is 1. The lowest BCUT2D eigenvalue weighted by molar-refractivity contribution is -0.188. The number of halogens is 6. The van der Waals surface area contributed by atoms with E-state index in [-0.39, 0.29) is 18.7 Å². The second-order valence-electron chi connectivity index (χ2n) is 6.12. The van der Waals surface area contributed by atoms with Gasteiger partial charge in [0.1, 0.15) is 0 Å².